The number of fused-ring (bicyclic) bond motifs is 3. The quantitative estimate of drug-likeness (QED) is 0.689. The zero-order valence-electron chi connectivity index (χ0n) is 13.4. The van der Waals surface area contributed by atoms with Crippen LogP contribution in [0.15, 0.2) is 34.4 Å². The van der Waals surface area contributed by atoms with Crippen LogP contribution >= 0.6 is 0 Å². The number of hydrogen-bond donors (Lipinski definition) is 1. The predicted octanol–water partition coefficient (Wildman–Crippen LogP) is 2.52. The van der Waals surface area contributed by atoms with Crippen LogP contribution in [0.3, 0.4) is 0 Å². The lowest BCUT2D eigenvalue weighted by Crippen LogP contribution is -2.24. The van der Waals surface area contributed by atoms with E-state index >= 15 is 0 Å². The Morgan fingerprint density at radius 1 is 1.42 bits per heavy atom. The topological polar surface area (TPSA) is 104 Å². The van der Waals surface area contributed by atoms with E-state index in [2.05, 4.69) is 5.18 Å². The van der Waals surface area contributed by atoms with E-state index in [-0.39, 0.29) is 11.6 Å². The van der Waals surface area contributed by atoms with Gasteiger partial charge in [0.2, 0.25) is 0 Å². The number of rotatable bonds is 3. The van der Waals surface area contributed by atoms with Crippen molar-refractivity contribution in [2.24, 2.45) is 5.18 Å². The van der Waals surface area contributed by atoms with Crippen molar-refractivity contribution in [1.29, 1.82) is 0 Å². The molecule has 2 N–H and O–H groups in total. The van der Waals surface area contributed by atoms with Gasteiger partial charge in [0.15, 0.2) is 5.43 Å². The fourth-order valence-electron chi connectivity index (χ4n) is 3.08. The number of pyridine rings is 1. The van der Waals surface area contributed by atoms with Crippen LogP contribution in [-0.2, 0) is 6.42 Å². The minimum atomic E-state index is -1.06. The van der Waals surface area contributed by atoms with Crippen LogP contribution in [-0.4, -0.2) is 17.1 Å². The highest BCUT2D eigenvalue weighted by molar-refractivity contribution is 5.94. The molecular weight excluding hydrogens is 310 g/mol. The first-order chi connectivity index (χ1) is 11.5. The molecule has 124 valence electrons. The molecule has 3 rings (SSSR count). The molecule has 1 aromatic carbocycles. The van der Waals surface area contributed by atoms with Crippen molar-refractivity contribution >= 4 is 11.6 Å². The van der Waals surface area contributed by atoms with Crippen molar-refractivity contribution in [2.75, 3.05) is 12.3 Å². The highest BCUT2D eigenvalue weighted by Crippen LogP contribution is 2.38. The molecule has 1 amide bonds. The van der Waals surface area contributed by atoms with Crippen molar-refractivity contribution in [3.63, 3.8) is 0 Å². The molecular formula is C17H17N3O4. The zero-order chi connectivity index (χ0) is 17.4. The van der Waals surface area contributed by atoms with Crippen LogP contribution in [0.2, 0.25) is 0 Å². The first-order valence-corrected chi connectivity index (χ1v) is 7.65. The molecule has 7 nitrogen and oxygen atoms in total. The molecule has 2 heterocycles. The summed E-state index contributed by atoms with van der Waals surface area (Å²) in [6.45, 7) is 4.37. The van der Waals surface area contributed by atoms with E-state index in [0.717, 1.165) is 11.1 Å². The lowest BCUT2D eigenvalue weighted by atomic mass is 9.92. The van der Waals surface area contributed by atoms with Crippen LogP contribution < -0.4 is 15.9 Å². The second-order valence-corrected chi connectivity index (χ2v) is 5.77. The summed E-state index contributed by atoms with van der Waals surface area (Å²) in [6.07, 6.45) is 2.09. The van der Waals surface area contributed by atoms with Crippen LogP contribution in [0.4, 0.5) is 5.69 Å². The lowest BCUT2D eigenvalue weighted by Gasteiger charge is -2.29. The van der Waals surface area contributed by atoms with Crippen molar-refractivity contribution in [2.45, 2.75) is 26.3 Å². The maximum absolute atomic E-state index is 12.2. The first kappa shape index (κ1) is 15.9. The van der Waals surface area contributed by atoms with Crippen molar-refractivity contribution in [3.8, 4) is 17.0 Å². The Morgan fingerprint density at radius 2 is 2.17 bits per heavy atom. The number of anilines is 1. The third-order valence-electron chi connectivity index (χ3n) is 4.19. The normalized spacial score (nSPS) is 15.3. The molecule has 2 aromatic rings. The van der Waals surface area contributed by atoms with Gasteiger partial charge in [-0.25, -0.2) is 0 Å². The lowest BCUT2D eigenvalue weighted by molar-refractivity contribution is 0.0999. The van der Waals surface area contributed by atoms with Crippen molar-refractivity contribution < 1.29 is 9.53 Å². The molecule has 0 fully saturated rings. The van der Waals surface area contributed by atoms with Crippen LogP contribution in [0.1, 0.15) is 35.8 Å². The molecule has 0 aliphatic carbocycles. The maximum Gasteiger partial charge on any atom is 0.322 e. The van der Waals surface area contributed by atoms with Gasteiger partial charge in [0.25, 0.3) is 0 Å². The molecule has 0 radical (unpaired) electrons. The van der Waals surface area contributed by atoms with Gasteiger partial charge in [0, 0.05) is 29.0 Å². The molecule has 1 unspecified atom stereocenters. The Bertz CT molecular complexity index is 901. The summed E-state index contributed by atoms with van der Waals surface area (Å²) >= 11 is 0. The average molecular weight is 327 g/mol. The SMILES string of the molecule is CCOc1cc2c(cc1N)-c1cc(=O)c(C(=O)N=O)cn1C(C)C2. The summed E-state index contributed by atoms with van der Waals surface area (Å²) in [6, 6.07) is 5.03. The number of carbonyl (C=O) groups excluding carboxylic acids is 1. The Labute approximate surface area is 138 Å². The van der Waals surface area contributed by atoms with Crippen LogP contribution in [0, 0.1) is 4.91 Å². The summed E-state index contributed by atoms with van der Waals surface area (Å²) < 4.78 is 7.34. The average Bonchev–Trinajstić information content (AvgIpc) is 2.56. The Balaban J connectivity index is 2.22. The fourth-order valence-corrected chi connectivity index (χ4v) is 3.08. The summed E-state index contributed by atoms with van der Waals surface area (Å²) in [4.78, 5) is 34.2. The molecule has 1 aromatic heterocycles. The summed E-state index contributed by atoms with van der Waals surface area (Å²) in [7, 11) is 0. The number of nitrogen functional groups attached to an aromatic ring is 1. The van der Waals surface area contributed by atoms with Gasteiger partial charge in [-0.1, -0.05) is 0 Å². The third-order valence-corrected chi connectivity index (χ3v) is 4.19. The second-order valence-electron chi connectivity index (χ2n) is 5.77. The number of hydrogen-bond acceptors (Lipinski definition) is 5. The van der Waals surface area contributed by atoms with Gasteiger partial charge in [0.1, 0.15) is 11.3 Å². The number of amides is 1. The minimum absolute atomic E-state index is 0.00408. The molecule has 0 spiro atoms. The van der Waals surface area contributed by atoms with Crippen molar-refractivity contribution in [1.82, 2.24) is 4.57 Å². The molecule has 1 aliphatic rings. The zero-order valence-corrected chi connectivity index (χ0v) is 13.4. The van der Waals surface area contributed by atoms with E-state index in [1.807, 2.05) is 24.5 Å². The van der Waals surface area contributed by atoms with E-state index in [1.54, 1.807) is 6.07 Å². The Morgan fingerprint density at radius 3 is 2.83 bits per heavy atom. The van der Waals surface area contributed by atoms with Crippen LogP contribution in [0.5, 0.6) is 5.75 Å². The van der Waals surface area contributed by atoms with E-state index in [9.17, 15) is 14.5 Å². The largest absolute Gasteiger partial charge is 0.492 e. The van der Waals surface area contributed by atoms with Gasteiger partial charge in [0.05, 0.1) is 18.0 Å². The van der Waals surface area contributed by atoms with Gasteiger partial charge in [-0.15, -0.1) is 4.91 Å². The van der Waals surface area contributed by atoms with E-state index in [1.165, 1.54) is 12.3 Å². The molecule has 0 bridgehead atoms. The number of nitroso groups, excluding NO2 is 1. The first-order valence-electron chi connectivity index (χ1n) is 7.65. The molecule has 7 heteroatoms. The van der Waals surface area contributed by atoms with E-state index < -0.39 is 11.3 Å². The second kappa shape index (κ2) is 5.92. The van der Waals surface area contributed by atoms with Crippen molar-refractivity contribution in [3.05, 3.63) is 50.7 Å². The number of benzene rings is 1. The third kappa shape index (κ3) is 2.47. The van der Waals surface area contributed by atoms with Gasteiger partial charge >= 0.3 is 5.91 Å². The van der Waals surface area contributed by atoms with Gasteiger partial charge < -0.3 is 15.0 Å². The van der Waals surface area contributed by atoms with E-state index in [4.69, 9.17) is 10.5 Å². The van der Waals surface area contributed by atoms with Gasteiger partial charge in [-0.2, -0.15) is 0 Å². The van der Waals surface area contributed by atoms with Crippen LogP contribution in [0.25, 0.3) is 11.3 Å². The Hall–Kier alpha value is -2.96. The standard InChI is InChI=1S/C17H17N3O4/c1-3-24-16-5-10-4-9(2)20-8-12(17(22)19-23)15(21)7-14(20)11(10)6-13(16)18/h5-9H,3-4,18H2,1-2H3. The maximum atomic E-state index is 12.2. The van der Waals surface area contributed by atoms with E-state index in [0.29, 0.717) is 30.2 Å². The smallest absolute Gasteiger partial charge is 0.322 e. The highest BCUT2D eigenvalue weighted by Gasteiger charge is 2.25. The predicted molar refractivity (Wildman–Crippen MR) is 90.3 cm³/mol. The number of aromatic nitrogens is 1. The minimum Gasteiger partial charge on any atom is -0.492 e. The summed E-state index contributed by atoms with van der Waals surface area (Å²) in [5.41, 5.74) is 8.28. The Kier molecular flexibility index (Phi) is 3.92. The highest BCUT2D eigenvalue weighted by atomic mass is 16.5. The van der Waals surface area contributed by atoms with Gasteiger partial charge in [-0.3, -0.25) is 9.59 Å². The summed E-state index contributed by atoms with van der Waals surface area (Å²) in [5, 5.41) is 2.35. The van der Waals surface area contributed by atoms with Gasteiger partial charge in [-0.05, 0) is 38.0 Å². The molecule has 1 aliphatic heterocycles. The molecule has 24 heavy (non-hydrogen) atoms. The monoisotopic (exact) mass is 327 g/mol. The molecule has 0 saturated heterocycles. The summed E-state index contributed by atoms with van der Waals surface area (Å²) in [5.74, 6) is -0.435. The number of nitrogens with zero attached hydrogens (tertiary/aromatic N) is 2. The number of carbonyl (C=O) groups is 1. The number of ether oxygens (including phenoxy) is 1. The fraction of sp³-hybridized carbons (Fsp3) is 0.294. The number of nitrogens with two attached hydrogens (primary N) is 1. The molecule has 0 saturated carbocycles. The molecule has 1 atom stereocenters.